The van der Waals surface area contributed by atoms with Crippen molar-refractivity contribution in [3.05, 3.63) is 71.6 Å². The molecule has 31 heavy (non-hydrogen) atoms. The van der Waals surface area contributed by atoms with Crippen LogP contribution in [0.25, 0.3) is 17.5 Å². The van der Waals surface area contributed by atoms with E-state index in [4.69, 9.17) is 0 Å². The first-order valence-corrected chi connectivity index (χ1v) is 10.5. The van der Waals surface area contributed by atoms with E-state index in [0.717, 1.165) is 48.6 Å². The van der Waals surface area contributed by atoms with Gasteiger partial charge in [0.1, 0.15) is 5.82 Å². The van der Waals surface area contributed by atoms with Crippen LogP contribution < -0.4 is 10.6 Å². The first-order valence-electron chi connectivity index (χ1n) is 10.5. The lowest BCUT2D eigenvalue weighted by atomic mass is 10.1. The topological polar surface area (TPSA) is 88.9 Å². The molecule has 0 radical (unpaired) electrons. The summed E-state index contributed by atoms with van der Waals surface area (Å²) >= 11 is 0. The third-order valence-corrected chi connectivity index (χ3v) is 5.32. The summed E-state index contributed by atoms with van der Waals surface area (Å²) in [6.45, 7) is 0.926. The van der Waals surface area contributed by atoms with Crippen LogP contribution in [-0.2, 0) is 17.8 Å². The van der Waals surface area contributed by atoms with Gasteiger partial charge in [0.2, 0.25) is 5.91 Å². The molecule has 7 nitrogen and oxygen atoms in total. The number of hydrogen-bond acceptors (Lipinski definition) is 4. The zero-order valence-corrected chi connectivity index (χ0v) is 17.5. The van der Waals surface area contributed by atoms with Crippen molar-refractivity contribution in [3.63, 3.8) is 0 Å². The summed E-state index contributed by atoms with van der Waals surface area (Å²) in [6, 6.07) is 14.7. The molecule has 158 valence electrons. The number of benzene rings is 2. The Labute approximate surface area is 181 Å². The van der Waals surface area contributed by atoms with Gasteiger partial charge < -0.3 is 15.2 Å². The maximum absolute atomic E-state index is 12.4. The molecule has 1 aliphatic heterocycles. The van der Waals surface area contributed by atoms with Crippen LogP contribution >= 0.6 is 0 Å². The van der Waals surface area contributed by atoms with Crippen molar-refractivity contribution in [1.82, 2.24) is 20.1 Å². The van der Waals surface area contributed by atoms with Crippen molar-refractivity contribution >= 4 is 23.6 Å². The molecule has 2 aromatic carbocycles. The van der Waals surface area contributed by atoms with Gasteiger partial charge in [0.25, 0.3) is 5.91 Å². The van der Waals surface area contributed by atoms with Crippen LogP contribution in [0.5, 0.6) is 0 Å². The summed E-state index contributed by atoms with van der Waals surface area (Å²) in [5, 5.41) is 14.2. The smallest absolute Gasteiger partial charge is 0.251 e. The van der Waals surface area contributed by atoms with E-state index >= 15 is 0 Å². The maximum atomic E-state index is 12.4. The Bertz CT molecular complexity index is 1120. The number of aryl methyl sites for hydroxylation is 1. The molecule has 2 amide bonds. The van der Waals surface area contributed by atoms with Crippen molar-refractivity contribution in [3.8, 4) is 11.4 Å². The van der Waals surface area contributed by atoms with Gasteiger partial charge in [-0.2, -0.15) is 0 Å². The molecular weight excluding hydrogens is 390 g/mol. The average molecular weight is 415 g/mol. The van der Waals surface area contributed by atoms with E-state index in [1.165, 1.54) is 12.5 Å². The number of amides is 2. The van der Waals surface area contributed by atoms with Crippen LogP contribution in [0.15, 0.2) is 54.6 Å². The highest BCUT2D eigenvalue weighted by Crippen LogP contribution is 2.25. The highest BCUT2D eigenvalue weighted by molar-refractivity contribution is 6.02. The number of carbonyl (C=O) groups excluding carboxylic acids is 2. The van der Waals surface area contributed by atoms with E-state index in [2.05, 4.69) is 25.4 Å². The van der Waals surface area contributed by atoms with E-state index in [0.29, 0.717) is 11.3 Å². The summed E-state index contributed by atoms with van der Waals surface area (Å²) in [5.41, 5.74) is 3.05. The zero-order chi connectivity index (χ0) is 21.6. The lowest BCUT2D eigenvalue weighted by molar-refractivity contribution is -0.111. The van der Waals surface area contributed by atoms with E-state index in [1.807, 2.05) is 24.3 Å². The van der Waals surface area contributed by atoms with E-state index in [9.17, 15) is 9.59 Å². The average Bonchev–Trinajstić information content (AvgIpc) is 3.06. The maximum Gasteiger partial charge on any atom is 0.251 e. The molecular formula is C24H25N5O2. The third kappa shape index (κ3) is 4.88. The number of rotatable bonds is 5. The summed E-state index contributed by atoms with van der Waals surface area (Å²) < 4.78 is 2.19. The number of hydrogen-bond donors (Lipinski definition) is 2. The Morgan fingerprint density at radius 3 is 2.68 bits per heavy atom. The van der Waals surface area contributed by atoms with Crippen LogP contribution in [0.1, 0.15) is 41.0 Å². The summed E-state index contributed by atoms with van der Waals surface area (Å²) in [5.74, 6) is 1.51. The van der Waals surface area contributed by atoms with Crippen molar-refractivity contribution < 1.29 is 9.59 Å². The second-order valence-electron chi connectivity index (χ2n) is 7.51. The Hall–Kier alpha value is -3.74. The number of nitrogens with one attached hydrogen (secondary N) is 2. The highest BCUT2D eigenvalue weighted by Gasteiger charge is 2.16. The first-order chi connectivity index (χ1) is 15.1. The summed E-state index contributed by atoms with van der Waals surface area (Å²) in [6.07, 6.45) is 7.63. The molecule has 2 heterocycles. The molecule has 0 saturated carbocycles. The standard InChI is InChI=1S/C24H25N5O2/c1-25-24(31)18-12-9-17(10-13-18)11-14-22(30)26-20-7-5-6-19(16-20)23-28-27-21-8-3-2-4-15-29(21)23/h5-7,9-14,16H,2-4,8,15H2,1H3,(H,25,31)(H,26,30)/b14-11+. The van der Waals surface area contributed by atoms with E-state index < -0.39 is 0 Å². The molecule has 0 saturated heterocycles. The predicted octanol–water partition coefficient (Wildman–Crippen LogP) is 3.68. The Morgan fingerprint density at radius 1 is 1.03 bits per heavy atom. The molecule has 0 atom stereocenters. The van der Waals surface area contributed by atoms with Gasteiger partial charge in [0.05, 0.1) is 0 Å². The van der Waals surface area contributed by atoms with Crippen LogP contribution in [0.3, 0.4) is 0 Å². The normalized spacial score (nSPS) is 13.5. The van der Waals surface area contributed by atoms with Crippen LogP contribution in [-0.4, -0.2) is 33.6 Å². The predicted molar refractivity (Wildman–Crippen MR) is 121 cm³/mol. The SMILES string of the molecule is CNC(=O)c1ccc(/C=C/C(=O)Nc2cccc(-c3nnc4n3CCCCC4)c2)cc1. The van der Waals surface area contributed by atoms with Crippen molar-refractivity contribution in [2.45, 2.75) is 32.2 Å². The second kappa shape index (κ2) is 9.38. The van der Waals surface area contributed by atoms with Gasteiger partial charge in [-0.15, -0.1) is 10.2 Å². The zero-order valence-electron chi connectivity index (χ0n) is 17.5. The molecule has 0 fully saturated rings. The minimum atomic E-state index is -0.229. The molecule has 0 unspecified atom stereocenters. The highest BCUT2D eigenvalue weighted by atomic mass is 16.2. The van der Waals surface area contributed by atoms with Crippen molar-refractivity contribution in [2.24, 2.45) is 0 Å². The van der Waals surface area contributed by atoms with Gasteiger partial charge in [0, 0.05) is 42.9 Å². The fourth-order valence-electron chi connectivity index (χ4n) is 3.68. The third-order valence-electron chi connectivity index (χ3n) is 5.32. The molecule has 4 rings (SSSR count). The lowest BCUT2D eigenvalue weighted by Crippen LogP contribution is -2.17. The molecule has 0 bridgehead atoms. The number of fused-ring (bicyclic) bond motifs is 1. The number of anilines is 1. The molecule has 2 N–H and O–H groups in total. The molecule has 3 aromatic rings. The summed E-state index contributed by atoms with van der Waals surface area (Å²) in [7, 11) is 1.59. The van der Waals surface area contributed by atoms with Gasteiger partial charge in [-0.25, -0.2) is 0 Å². The van der Waals surface area contributed by atoms with Crippen LogP contribution in [0.2, 0.25) is 0 Å². The summed E-state index contributed by atoms with van der Waals surface area (Å²) in [4.78, 5) is 24.0. The number of nitrogens with zero attached hydrogens (tertiary/aromatic N) is 3. The molecule has 0 spiro atoms. The number of carbonyl (C=O) groups is 2. The van der Waals surface area contributed by atoms with Crippen molar-refractivity contribution in [1.29, 1.82) is 0 Å². The lowest BCUT2D eigenvalue weighted by Gasteiger charge is -2.09. The minimum Gasteiger partial charge on any atom is -0.355 e. The van der Waals surface area contributed by atoms with E-state index in [1.54, 1.807) is 37.4 Å². The number of aromatic nitrogens is 3. The second-order valence-corrected chi connectivity index (χ2v) is 7.51. The molecule has 0 aliphatic carbocycles. The molecule has 7 heteroatoms. The minimum absolute atomic E-state index is 0.141. The molecule has 1 aromatic heterocycles. The van der Waals surface area contributed by atoms with Gasteiger partial charge in [0.15, 0.2) is 5.82 Å². The first kappa shape index (κ1) is 20.5. The fourth-order valence-corrected chi connectivity index (χ4v) is 3.68. The van der Waals surface area contributed by atoms with Crippen molar-refractivity contribution in [2.75, 3.05) is 12.4 Å². The monoisotopic (exact) mass is 415 g/mol. The Balaban J connectivity index is 1.44. The van der Waals surface area contributed by atoms with Crippen LogP contribution in [0.4, 0.5) is 5.69 Å². The quantitative estimate of drug-likeness (QED) is 0.622. The largest absolute Gasteiger partial charge is 0.355 e. The van der Waals surface area contributed by atoms with Crippen LogP contribution in [0, 0.1) is 0 Å². The van der Waals surface area contributed by atoms with Gasteiger partial charge >= 0.3 is 0 Å². The van der Waals surface area contributed by atoms with Gasteiger partial charge in [-0.1, -0.05) is 30.7 Å². The van der Waals surface area contributed by atoms with Gasteiger partial charge in [-0.05, 0) is 48.7 Å². The van der Waals surface area contributed by atoms with E-state index in [-0.39, 0.29) is 11.8 Å². The molecule has 1 aliphatic rings. The van der Waals surface area contributed by atoms with Gasteiger partial charge in [-0.3, -0.25) is 9.59 Å². The Morgan fingerprint density at radius 2 is 1.87 bits per heavy atom. The fraction of sp³-hybridized carbons (Fsp3) is 0.250. The Kier molecular flexibility index (Phi) is 6.21.